The third-order valence-electron chi connectivity index (χ3n) is 3.80. The van der Waals surface area contributed by atoms with Crippen LogP contribution in [0.5, 0.6) is 0 Å². The lowest BCUT2D eigenvalue weighted by atomic mass is 10.1. The highest BCUT2D eigenvalue weighted by molar-refractivity contribution is 7.98. The molecule has 130 valence electrons. The second kappa shape index (κ2) is 8.65. The molecule has 0 aliphatic heterocycles. The number of amides is 1. The molecule has 1 amide bonds. The molecule has 3 aromatic rings. The van der Waals surface area contributed by atoms with Crippen molar-refractivity contribution in [1.82, 2.24) is 9.88 Å². The Balaban J connectivity index is 1.73. The Bertz CT molecular complexity index is 932. The number of nitriles is 1. The quantitative estimate of drug-likeness (QED) is 0.588. The molecule has 26 heavy (non-hydrogen) atoms. The lowest BCUT2D eigenvalue weighted by molar-refractivity contribution is 0.0781. The molecule has 0 atom stereocenters. The number of thiazole rings is 1. The summed E-state index contributed by atoms with van der Waals surface area (Å²) in [5.74, 6) is 0.704. The molecule has 2 aromatic carbocycles. The molecule has 0 radical (unpaired) electrons. The van der Waals surface area contributed by atoms with Gasteiger partial charge in [0.25, 0.3) is 5.91 Å². The van der Waals surface area contributed by atoms with Gasteiger partial charge >= 0.3 is 0 Å². The van der Waals surface area contributed by atoms with Crippen molar-refractivity contribution in [2.45, 2.75) is 17.2 Å². The maximum absolute atomic E-state index is 12.9. The van der Waals surface area contributed by atoms with Crippen LogP contribution in [-0.4, -0.2) is 22.8 Å². The number of hydrogen-bond acceptors (Lipinski definition) is 5. The summed E-state index contributed by atoms with van der Waals surface area (Å²) < 4.78 is 0. The molecule has 3 rings (SSSR count). The van der Waals surface area contributed by atoms with Crippen LogP contribution in [0.25, 0.3) is 0 Å². The first-order valence-electron chi connectivity index (χ1n) is 8.01. The molecular formula is C20H17N3OS2. The Morgan fingerprint density at radius 2 is 2.12 bits per heavy atom. The van der Waals surface area contributed by atoms with Crippen LogP contribution in [0.3, 0.4) is 0 Å². The lowest BCUT2D eigenvalue weighted by Crippen LogP contribution is -2.26. The van der Waals surface area contributed by atoms with Crippen molar-refractivity contribution in [2.75, 3.05) is 7.05 Å². The Morgan fingerprint density at radius 1 is 1.27 bits per heavy atom. The van der Waals surface area contributed by atoms with Crippen LogP contribution in [0.4, 0.5) is 0 Å². The van der Waals surface area contributed by atoms with Gasteiger partial charge in [-0.1, -0.05) is 24.3 Å². The minimum absolute atomic E-state index is 0.0336. The van der Waals surface area contributed by atoms with E-state index in [4.69, 9.17) is 5.26 Å². The molecule has 0 N–H and O–H groups in total. The fourth-order valence-electron chi connectivity index (χ4n) is 2.52. The number of thioether (sulfide) groups is 1. The maximum atomic E-state index is 12.9. The van der Waals surface area contributed by atoms with Gasteiger partial charge in [0.1, 0.15) is 0 Å². The molecule has 0 fully saturated rings. The second-order valence-corrected chi connectivity index (χ2v) is 7.47. The highest BCUT2D eigenvalue weighted by Crippen LogP contribution is 2.27. The van der Waals surface area contributed by atoms with Crippen molar-refractivity contribution in [3.05, 3.63) is 81.8 Å². The largest absolute Gasteiger partial charge is 0.337 e. The van der Waals surface area contributed by atoms with E-state index in [-0.39, 0.29) is 5.91 Å². The Morgan fingerprint density at radius 3 is 2.88 bits per heavy atom. The fraction of sp³-hybridized carbons (Fsp3) is 0.150. The molecule has 0 aliphatic carbocycles. The predicted octanol–water partition coefficient (Wildman–Crippen LogP) is 4.58. The average molecular weight is 380 g/mol. The van der Waals surface area contributed by atoms with Crippen LogP contribution in [0, 0.1) is 11.3 Å². The van der Waals surface area contributed by atoms with Gasteiger partial charge in [0, 0.05) is 29.6 Å². The number of aromatic nitrogens is 1. The van der Waals surface area contributed by atoms with Crippen molar-refractivity contribution in [3.8, 4) is 6.07 Å². The van der Waals surface area contributed by atoms with Gasteiger partial charge in [-0.25, -0.2) is 4.98 Å². The van der Waals surface area contributed by atoms with E-state index in [1.54, 1.807) is 41.1 Å². The third-order valence-corrected chi connectivity index (χ3v) is 5.54. The van der Waals surface area contributed by atoms with Crippen molar-refractivity contribution in [2.24, 2.45) is 0 Å². The lowest BCUT2D eigenvalue weighted by Gasteiger charge is -2.19. The highest BCUT2D eigenvalue weighted by atomic mass is 32.2. The third kappa shape index (κ3) is 4.51. The van der Waals surface area contributed by atoms with Crippen molar-refractivity contribution in [3.63, 3.8) is 0 Å². The summed E-state index contributed by atoms with van der Waals surface area (Å²) in [7, 11) is 1.78. The van der Waals surface area contributed by atoms with Gasteiger partial charge in [-0.15, -0.1) is 23.1 Å². The zero-order valence-corrected chi connectivity index (χ0v) is 15.9. The molecule has 0 saturated heterocycles. The highest BCUT2D eigenvalue weighted by Gasteiger charge is 2.16. The van der Waals surface area contributed by atoms with Crippen molar-refractivity contribution < 1.29 is 4.79 Å². The van der Waals surface area contributed by atoms with E-state index < -0.39 is 0 Å². The summed E-state index contributed by atoms with van der Waals surface area (Å²) in [5.41, 5.74) is 5.06. The average Bonchev–Trinajstić information content (AvgIpc) is 3.19. The Hall–Kier alpha value is -2.62. The van der Waals surface area contributed by atoms with Crippen molar-refractivity contribution in [1.29, 1.82) is 5.26 Å². The SMILES string of the molecule is CN(Cc1cccc(C#N)c1)C(=O)c1ccccc1SCc1cscn1. The molecule has 6 heteroatoms. The summed E-state index contributed by atoms with van der Waals surface area (Å²) in [6.07, 6.45) is 0. The summed E-state index contributed by atoms with van der Waals surface area (Å²) in [6.45, 7) is 0.458. The molecule has 4 nitrogen and oxygen atoms in total. The number of benzene rings is 2. The maximum Gasteiger partial charge on any atom is 0.255 e. The summed E-state index contributed by atoms with van der Waals surface area (Å²) in [5, 5.41) is 11.0. The predicted molar refractivity (Wildman–Crippen MR) is 105 cm³/mol. The topological polar surface area (TPSA) is 57.0 Å². The van der Waals surface area contributed by atoms with E-state index >= 15 is 0 Å². The van der Waals surface area contributed by atoms with Gasteiger partial charge in [0.15, 0.2) is 0 Å². The van der Waals surface area contributed by atoms with Crippen LogP contribution in [-0.2, 0) is 12.3 Å². The van der Waals surface area contributed by atoms with Crippen LogP contribution in [0.1, 0.15) is 27.2 Å². The number of nitrogens with zero attached hydrogens (tertiary/aromatic N) is 3. The zero-order chi connectivity index (χ0) is 18.4. The monoisotopic (exact) mass is 379 g/mol. The zero-order valence-electron chi connectivity index (χ0n) is 14.3. The first kappa shape index (κ1) is 18.2. The van der Waals surface area contributed by atoms with Crippen LogP contribution in [0.2, 0.25) is 0 Å². The van der Waals surface area contributed by atoms with E-state index in [9.17, 15) is 4.79 Å². The molecule has 0 aliphatic rings. The normalized spacial score (nSPS) is 10.3. The molecule has 1 heterocycles. The molecule has 0 spiro atoms. The van der Waals surface area contributed by atoms with E-state index in [0.717, 1.165) is 21.9 Å². The first-order valence-corrected chi connectivity index (χ1v) is 9.93. The summed E-state index contributed by atoms with van der Waals surface area (Å²) >= 11 is 3.19. The van der Waals surface area contributed by atoms with Gasteiger partial charge in [-0.05, 0) is 29.8 Å². The first-order chi connectivity index (χ1) is 12.7. The second-order valence-electron chi connectivity index (χ2n) is 5.74. The number of rotatable bonds is 6. The minimum atomic E-state index is -0.0336. The molecule has 0 unspecified atom stereocenters. The van der Waals surface area contributed by atoms with Crippen LogP contribution >= 0.6 is 23.1 Å². The van der Waals surface area contributed by atoms with Gasteiger partial charge in [0.2, 0.25) is 0 Å². The summed E-state index contributed by atoms with van der Waals surface area (Å²) in [4.78, 5) is 19.8. The number of hydrogen-bond donors (Lipinski definition) is 0. The van der Waals surface area contributed by atoms with Gasteiger partial charge in [0.05, 0.1) is 28.4 Å². The number of carbonyl (C=O) groups is 1. The van der Waals surface area contributed by atoms with Gasteiger partial charge in [-0.3, -0.25) is 4.79 Å². The smallest absolute Gasteiger partial charge is 0.255 e. The fourth-order valence-corrected chi connectivity index (χ4v) is 4.13. The van der Waals surface area contributed by atoms with E-state index in [0.29, 0.717) is 17.7 Å². The van der Waals surface area contributed by atoms with Gasteiger partial charge in [-0.2, -0.15) is 5.26 Å². The molecule has 0 bridgehead atoms. The number of carbonyl (C=O) groups excluding carboxylic acids is 1. The molecule has 1 aromatic heterocycles. The van der Waals surface area contributed by atoms with E-state index in [2.05, 4.69) is 11.1 Å². The van der Waals surface area contributed by atoms with E-state index in [1.165, 1.54) is 0 Å². The Labute approximate surface area is 161 Å². The van der Waals surface area contributed by atoms with Crippen molar-refractivity contribution >= 4 is 29.0 Å². The molecular weight excluding hydrogens is 362 g/mol. The standard InChI is InChI=1S/C20H17N3OS2/c1-23(11-16-6-4-5-15(9-16)10-21)20(24)18-7-2-3-8-19(18)26-13-17-12-25-14-22-17/h2-9,12,14H,11,13H2,1H3. The Kier molecular flexibility index (Phi) is 6.05. The van der Waals surface area contributed by atoms with Crippen LogP contribution in [0.15, 0.2) is 64.3 Å². The van der Waals surface area contributed by atoms with Crippen LogP contribution < -0.4 is 0 Å². The van der Waals surface area contributed by atoms with E-state index in [1.807, 2.05) is 53.4 Å². The summed E-state index contributed by atoms with van der Waals surface area (Å²) in [6, 6.07) is 17.1. The molecule has 0 saturated carbocycles. The van der Waals surface area contributed by atoms with Gasteiger partial charge < -0.3 is 4.90 Å². The minimum Gasteiger partial charge on any atom is -0.337 e.